The molecular formula is C13H13ClFN3O2. The van der Waals surface area contributed by atoms with Gasteiger partial charge >= 0.3 is 5.97 Å². The van der Waals surface area contributed by atoms with E-state index in [1.165, 1.54) is 22.9 Å². The Kier molecular flexibility index (Phi) is 4.68. The molecule has 7 heteroatoms. The predicted octanol–water partition coefficient (Wildman–Crippen LogP) is 2.86. The van der Waals surface area contributed by atoms with Crippen LogP contribution < -0.4 is 0 Å². The number of benzene rings is 1. The van der Waals surface area contributed by atoms with Crippen LogP contribution in [0.1, 0.15) is 25.0 Å². The standard InChI is InChI=1S/C13H13ClFN3O2/c14-9-5-6-11(15)12(7-9)18-8-10(16-17-18)3-1-2-4-13(19)20/h5-8H,1-4H2,(H,19,20). The highest BCUT2D eigenvalue weighted by molar-refractivity contribution is 6.30. The lowest BCUT2D eigenvalue weighted by atomic mass is 10.1. The molecule has 0 bridgehead atoms. The van der Waals surface area contributed by atoms with Crippen molar-refractivity contribution < 1.29 is 14.3 Å². The Morgan fingerprint density at radius 3 is 2.95 bits per heavy atom. The van der Waals surface area contributed by atoms with E-state index in [9.17, 15) is 9.18 Å². The summed E-state index contributed by atoms with van der Waals surface area (Å²) in [4.78, 5) is 10.4. The van der Waals surface area contributed by atoms with E-state index in [4.69, 9.17) is 16.7 Å². The molecule has 0 saturated carbocycles. The summed E-state index contributed by atoms with van der Waals surface area (Å²) in [5.41, 5.74) is 0.927. The maximum absolute atomic E-state index is 13.6. The van der Waals surface area contributed by atoms with Gasteiger partial charge in [-0.1, -0.05) is 16.8 Å². The van der Waals surface area contributed by atoms with E-state index < -0.39 is 11.8 Å². The normalized spacial score (nSPS) is 10.7. The van der Waals surface area contributed by atoms with Gasteiger partial charge in [0.05, 0.1) is 11.9 Å². The van der Waals surface area contributed by atoms with Crippen molar-refractivity contribution in [2.45, 2.75) is 25.7 Å². The van der Waals surface area contributed by atoms with E-state index in [0.717, 1.165) is 0 Å². The van der Waals surface area contributed by atoms with Crippen LogP contribution in [0.4, 0.5) is 4.39 Å². The molecule has 106 valence electrons. The van der Waals surface area contributed by atoms with Gasteiger partial charge in [-0.15, -0.1) is 5.10 Å². The van der Waals surface area contributed by atoms with Crippen LogP contribution >= 0.6 is 11.6 Å². The van der Waals surface area contributed by atoms with Crippen molar-refractivity contribution in [2.75, 3.05) is 0 Å². The first-order chi connectivity index (χ1) is 9.56. The maximum Gasteiger partial charge on any atom is 0.303 e. The van der Waals surface area contributed by atoms with Crippen molar-refractivity contribution >= 4 is 17.6 Å². The summed E-state index contributed by atoms with van der Waals surface area (Å²) in [6.07, 6.45) is 3.64. The fraction of sp³-hybridized carbons (Fsp3) is 0.308. The third-order valence-corrected chi connectivity index (χ3v) is 3.00. The molecule has 0 saturated heterocycles. The van der Waals surface area contributed by atoms with Gasteiger partial charge in [0.15, 0.2) is 0 Å². The van der Waals surface area contributed by atoms with Crippen LogP contribution in [0.3, 0.4) is 0 Å². The molecule has 0 aliphatic rings. The molecular weight excluding hydrogens is 285 g/mol. The number of unbranched alkanes of at least 4 members (excludes halogenated alkanes) is 1. The Labute approximate surface area is 120 Å². The number of hydrogen-bond acceptors (Lipinski definition) is 3. The summed E-state index contributed by atoms with van der Waals surface area (Å²) in [5.74, 6) is -1.24. The highest BCUT2D eigenvalue weighted by Crippen LogP contribution is 2.18. The van der Waals surface area contributed by atoms with Crippen molar-refractivity contribution in [1.29, 1.82) is 0 Å². The Morgan fingerprint density at radius 2 is 2.20 bits per heavy atom. The summed E-state index contributed by atoms with van der Waals surface area (Å²) in [7, 11) is 0. The van der Waals surface area contributed by atoms with Gasteiger partial charge in [-0.05, 0) is 37.5 Å². The minimum absolute atomic E-state index is 0.136. The van der Waals surface area contributed by atoms with Crippen molar-refractivity contribution in [3.8, 4) is 5.69 Å². The minimum atomic E-state index is -0.811. The van der Waals surface area contributed by atoms with E-state index in [1.807, 2.05) is 0 Å². The molecule has 2 aromatic rings. The topological polar surface area (TPSA) is 68.0 Å². The molecule has 0 unspecified atom stereocenters. The number of carboxylic acid groups (broad SMARTS) is 1. The van der Waals surface area contributed by atoms with E-state index in [1.54, 1.807) is 6.20 Å². The van der Waals surface area contributed by atoms with Gasteiger partial charge in [-0.2, -0.15) is 0 Å². The molecule has 5 nitrogen and oxygen atoms in total. The first-order valence-corrected chi connectivity index (χ1v) is 6.52. The van der Waals surface area contributed by atoms with Crippen LogP contribution in [-0.4, -0.2) is 26.1 Å². The first kappa shape index (κ1) is 14.5. The van der Waals surface area contributed by atoms with Crippen LogP contribution in [0.25, 0.3) is 5.69 Å². The van der Waals surface area contributed by atoms with E-state index in [2.05, 4.69) is 10.3 Å². The van der Waals surface area contributed by atoms with E-state index >= 15 is 0 Å². The lowest BCUT2D eigenvalue weighted by Gasteiger charge is -2.02. The Morgan fingerprint density at radius 1 is 1.40 bits per heavy atom. The highest BCUT2D eigenvalue weighted by Gasteiger charge is 2.08. The molecule has 2 rings (SSSR count). The molecule has 0 radical (unpaired) electrons. The monoisotopic (exact) mass is 297 g/mol. The molecule has 0 spiro atoms. The molecule has 1 heterocycles. The Hall–Kier alpha value is -1.95. The van der Waals surface area contributed by atoms with Crippen molar-refractivity contribution in [2.24, 2.45) is 0 Å². The second kappa shape index (κ2) is 6.47. The number of aryl methyl sites for hydroxylation is 1. The van der Waals surface area contributed by atoms with Gasteiger partial charge in [0, 0.05) is 11.4 Å². The summed E-state index contributed by atoms with van der Waals surface area (Å²) >= 11 is 5.82. The Balaban J connectivity index is 2.01. The largest absolute Gasteiger partial charge is 0.481 e. The number of rotatable bonds is 6. The molecule has 20 heavy (non-hydrogen) atoms. The number of halogens is 2. The van der Waals surface area contributed by atoms with Crippen molar-refractivity contribution in [1.82, 2.24) is 15.0 Å². The zero-order valence-electron chi connectivity index (χ0n) is 10.6. The smallest absolute Gasteiger partial charge is 0.303 e. The second-order valence-corrected chi connectivity index (χ2v) is 4.79. The molecule has 0 aliphatic carbocycles. The van der Waals surface area contributed by atoms with Gasteiger partial charge in [0.25, 0.3) is 0 Å². The SMILES string of the molecule is O=C(O)CCCCc1cn(-c2cc(Cl)ccc2F)nn1. The molecule has 1 N–H and O–H groups in total. The fourth-order valence-corrected chi connectivity index (χ4v) is 1.94. The average Bonchev–Trinajstić information content (AvgIpc) is 2.86. The summed E-state index contributed by atoms with van der Waals surface area (Å²) in [5, 5.41) is 16.7. The number of carbonyl (C=O) groups is 1. The van der Waals surface area contributed by atoms with E-state index in [0.29, 0.717) is 30.0 Å². The maximum atomic E-state index is 13.6. The summed E-state index contributed by atoms with van der Waals surface area (Å²) in [6.45, 7) is 0. The van der Waals surface area contributed by atoms with E-state index in [-0.39, 0.29) is 12.1 Å². The van der Waals surface area contributed by atoms with Gasteiger partial charge in [-0.3, -0.25) is 4.79 Å². The molecule has 0 aliphatic heterocycles. The molecule has 0 amide bonds. The molecule has 1 aromatic carbocycles. The highest BCUT2D eigenvalue weighted by atomic mass is 35.5. The molecule has 1 aromatic heterocycles. The summed E-state index contributed by atoms with van der Waals surface area (Å²) in [6, 6.07) is 4.20. The van der Waals surface area contributed by atoms with Crippen LogP contribution in [0.2, 0.25) is 5.02 Å². The number of aliphatic carboxylic acids is 1. The number of hydrogen-bond donors (Lipinski definition) is 1. The fourth-order valence-electron chi connectivity index (χ4n) is 1.77. The zero-order valence-corrected chi connectivity index (χ0v) is 11.3. The van der Waals surface area contributed by atoms with Gasteiger partial charge in [0.1, 0.15) is 11.5 Å². The van der Waals surface area contributed by atoms with Gasteiger partial charge < -0.3 is 5.11 Å². The summed E-state index contributed by atoms with van der Waals surface area (Å²) < 4.78 is 15.0. The van der Waals surface area contributed by atoms with Crippen molar-refractivity contribution in [3.05, 3.63) is 40.9 Å². The predicted molar refractivity (Wildman–Crippen MR) is 71.5 cm³/mol. The lowest BCUT2D eigenvalue weighted by molar-refractivity contribution is -0.137. The number of carboxylic acids is 1. The number of nitrogens with zero attached hydrogens (tertiary/aromatic N) is 3. The van der Waals surface area contributed by atoms with Gasteiger partial charge in [0.2, 0.25) is 0 Å². The quantitative estimate of drug-likeness (QED) is 0.833. The molecule has 0 fully saturated rings. The van der Waals surface area contributed by atoms with Crippen LogP contribution in [-0.2, 0) is 11.2 Å². The second-order valence-electron chi connectivity index (χ2n) is 4.35. The Bertz CT molecular complexity index is 615. The molecule has 0 atom stereocenters. The van der Waals surface area contributed by atoms with Crippen LogP contribution in [0.15, 0.2) is 24.4 Å². The van der Waals surface area contributed by atoms with Crippen LogP contribution in [0, 0.1) is 5.82 Å². The third kappa shape index (κ3) is 3.77. The number of aromatic nitrogens is 3. The average molecular weight is 298 g/mol. The van der Waals surface area contributed by atoms with Crippen molar-refractivity contribution in [3.63, 3.8) is 0 Å². The third-order valence-electron chi connectivity index (χ3n) is 2.77. The zero-order chi connectivity index (χ0) is 14.5. The minimum Gasteiger partial charge on any atom is -0.481 e. The van der Waals surface area contributed by atoms with Crippen LogP contribution in [0.5, 0.6) is 0 Å². The van der Waals surface area contributed by atoms with Gasteiger partial charge in [-0.25, -0.2) is 9.07 Å². The lowest BCUT2D eigenvalue weighted by Crippen LogP contribution is -1.98. The first-order valence-electron chi connectivity index (χ1n) is 6.14.